The molecule has 2 aromatic carbocycles. The van der Waals surface area contributed by atoms with Crippen LogP contribution in [0.1, 0.15) is 32.1 Å². The Hall–Kier alpha value is -3.86. The molecule has 31 heavy (non-hydrogen) atoms. The molecular formula is C20H18N4O6S. The summed E-state index contributed by atoms with van der Waals surface area (Å²) in [6.07, 6.45) is 1.33. The summed E-state index contributed by atoms with van der Waals surface area (Å²) in [4.78, 5) is 34.7. The third-order valence-electron chi connectivity index (χ3n) is 4.05. The van der Waals surface area contributed by atoms with Crippen LogP contribution in [0, 0.1) is 10.1 Å². The third-order valence-corrected chi connectivity index (χ3v) is 4.94. The predicted molar refractivity (Wildman–Crippen MR) is 113 cm³/mol. The third kappa shape index (κ3) is 6.06. The van der Waals surface area contributed by atoms with E-state index >= 15 is 0 Å². The first-order chi connectivity index (χ1) is 15.0. The number of anilines is 1. The second-order valence-electron chi connectivity index (χ2n) is 6.24. The number of benzene rings is 2. The van der Waals surface area contributed by atoms with Gasteiger partial charge in [0.15, 0.2) is 0 Å². The Morgan fingerprint density at radius 1 is 1.13 bits per heavy atom. The number of carbonyl (C=O) groups excluding carboxylic acids is 2. The van der Waals surface area contributed by atoms with Crippen LogP contribution in [0.2, 0.25) is 0 Å². The zero-order valence-corrected chi connectivity index (χ0v) is 17.3. The van der Waals surface area contributed by atoms with Gasteiger partial charge >= 0.3 is 5.97 Å². The van der Waals surface area contributed by atoms with Gasteiger partial charge in [-0.3, -0.25) is 20.2 Å². The van der Waals surface area contributed by atoms with Crippen molar-refractivity contribution in [3.8, 4) is 5.75 Å². The SMILES string of the molecule is COC(=O)c1cc(C(=O)Nc2nnc(CCCOc3ccccc3)s2)cc([N+](=O)[O-])c1. The number of aryl methyl sites for hydroxylation is 1. The zero-order chi connectivity index (χ0) is 22.2. The molecule has 0 aliphatic rings. The predicted octanol–water partition coefficient (Wildman–Crippen LogP) is 3.50. The molecule has 0 saturated carbocycles. The monoisotopic (exact) mass is 442 g/mol. The van der Waals surface area contributed by atoms with E-state index in [1.165, 1.54) is 17.4 Å². The van der Waals surface area contributed by atoms with E-state index in [-0.39, 0.29) is 16.3 Å². The van der Waals surface area contributed by atoms with E-state index in [1.54, 1.807) is 0 Å². The Balaban J connectivity index is 1.59. The number of carbonyl (C=O) groups is 2. The van der Waals surface area contributed by atoms with Crippen molar-refractivity contribution in [1.29, 1.82) is 0 Å². The first kappa shape index (κ1) is 21.8. The summed E-state index contributed by atoms with van der Waals surface area (Å²) in [5.41, 5.74) is -0.565. The van der Waals surface area contributed by atoms with Gasteiger partial charge in [-0.25, -0.2) is 4.79 Å². The van der Waals surface area contributed by atoms with Crippen LogP contribution in [-0.4, -0.2) is 40.7 Å². The topological polar surface area (TPSA) is 134 Å². The quantitative estimate of drug-likeness (QED) is 0.230. The highest BCUT2D eigenvalue weighted by atomic mass is 32.1. The van der Waals surface area contributed by atoms with Crippen LogP contribution < -0.4 is 10.1 Å². The number of nitro groups is 1. The van der Waals surface area contributed by atoms with Gasteiger partial charge in [-0.1, -0.05) is 29.5 Å². The van der Waals surface area contributed by atoms with Crippen molar-refractivity contribution in [3.63, 3.8) is 0 Å². The second-order valence-corrected chi connectivity index (χ2v) is 7.30. The lowest BCUT2D eigenvalue weighted by Crippen LogP contribution is -2.14. The van der Waals surface area contributed by atoms with Crippen molar-refractivity contribution in [1.82, 2.24) is 10.2 Å². The fourth-order valence-electron chi connectivity index (χ4n) is 2.59. The van der Waals surface area contributed by atoms with E-state index in [9.17, 15) is 19.7 Å². The average molecular weight is 442 g/mol. The lowest BCUT2D eigenvalue weighted by molar-refractivity contribution is -0.384. The zero-order valence-electron chi connectivity index (χ0n) is 16.4. The molecule has 160 valence electrons. The molecule has 0 aliphatic carbocycles. The summed E-state index contributed by atoms with van der Waals surface area (Å²) in [5, 5.41) is 22.6. The van der Waals surface area contributed by atoms with Gasteiger partial charge in [0.25, 0.3) is 11.6 Å². The molecule has 0 atom stereocenters. The van der Waals surface area contributed by atoms with Crippen LogP contribution in [0.5, 0.6) is 5.75 Å². The first-order valence-corrected chi connectivity index (χ1v) is 9.97. The van der Waals surface area contributed by atoms with Gasteiger partial charge in [-0.2, -0.15) is 0 Å². The number of hydrogen-bond donors (Lipinski definition) is 1. The molecule has 3 aromatic rings. The summed E-state index contributed by atoms with van der Waals surface area (Å²) >= 11 is 1.19. The number of aromatic nitrogens is 2. The number of esters is 1. The highest BCUT2D eigenvalue weighted by Gasteiger charge is 2.19. The Bertz CT molecular complexity index is 1090. The molecule has 1 amide bonds. The van der Waals surface area contributed by atoms with Crippen molar-refractivity contribution in [2.45, 2.75) is 12.8 Å². The smallest absolute Gasteiger partial charge is 0.338 e. The molecule has 3 rings (SSSR count). The molecule has 0 radical (unpaired) electrons. The van der Waals surface area contributed by atoms with Crippen LogP contribution in [0.3, 0.4) is 0 Å². The van der Waals surface area contributed by atoms with Gasteiger partial charge in [-0.05, 0) is 24.6 Å². The summed E-state index contributed by atoms with van der Waals surface area (Å²) in [6, 6.07) is 12.8. The second kappa shape index (κ2) is 10.3. The Kier molecular flexibility index (Phi) is 7.22. The lowest BCUT2D eigenvalue weighted by Gasteiger charge is -2.05. The van der Waals surface area contributed by atoms with Crippen LogP contribution in [0.15, 0.2) is 48.5 Å². The van der Waals surface area contributed by atoms with E-state index in [1.807, 2.05) is 30.3 Å². The molecule has 0 aliphatic heterocycles. The van der Waals surface area contributed by atoms with Crippen molar-refractivity contribution in [2.75, 3.05) is 19.0 Å². The normalized spacial score (nSPS) is 10.4. The van der Waals surface area contributed by atoms with E-state index in [4.69, 9.17) is 4.74 Å². The van der Waals surface area contributed by atoms with Crippen LogP contribution >= 0.6 is 11.3 Å². The first-order valence-electron chi connectivity index (χ1n) is 9.15. The van der Waals surface area contributed by atoms with Gasteiger partial charge in [-0.15, -0.1) is 10.2 Å². The fraction of sp³-hybridized carbons (Fsp3) is 0.200. The number of amides is 1. The number of rotatable bonds is 9. The highest BCUT2D eigenvalue weighted by Crippen LogP contribution is 2.21. The molecule has 0 fully saturated rings. The van der Waals surface area contributed by atoms with Gasteiger partial charge < -0.3 is 9.47 Å². The number of nitro benzene ring substituents is 1. The molecular weight excluding hydrogens is 424 g/mol. The number of non-ortho nitro benzene ring substituents is 1. The minimum atomic E-state index is -0.784. The fourth-order valence-corrected chi connectivity index (χ4v) is 3.36. The molecule has 11 heteroatoms. The number of para-hydroxylation sites is 1. The Morgan fingerprint density at radius 2 is 1.87 bits per heavy atom. The summed E-state index contributed by atoms with van der Waals surface area (Å²) < 4.78 is 10.2. The number of hydrogen-bond acceptors (Lipinski definition) is 9. The maximum atomic E-state index is 12.5. The largest absolute Gasteiger partial charge is 0.494 e. The van der Waals surface area contributed by atoms with E-state index < -0.39 is 22.5 Å². The molecule has 0 bridgehead atoms. The van der Waals surface area contributed by atoms with Gasteiger partial charge in [0.05, 0.1) is 24.2 Å². The number of methoxy groups -OCH3 is 1. The van der Waals surface area contributed by atoms with E-state index in [0.717, 1.165) is 25.0 Å². The van der Waals surface area contributed by atoms with Gasteiger partial charge in [0.2, 0.25) is 5.13 Å². The highest BCUT2D eigenvalue weighted by molar-refractivity contribution is 7.15. The van der Waals surface area contributed by atoms with Crippen LogP contribution in [0.4, 0.5) is 10.8 Å². The summed E-state index contributed by atoms with van der Waals surface area (Å²) in [7, 11) is 1.15. The summed E-state index contributed by atoms with van der Waals surface area (Å²) in [5.74, 6) is -0.645. The van der Waals surface area contributed by atoms with Crippen molar-refractivity contribution >= 4 is 34.0 Å². The summed E-state index contributed by atoms with van der Waals surface area (Å²) in [6.45, 7) is 0.509. The molecule has 0 unspecified atom stereocenters. The number of nitrogens with zero attached hydrogens (tertiary/aromatic N) is 3. The lowest BCUT2D eigenvalue weighted by atomic mass is 10.1. The van der Waals surface area contributed by atoms with Crippen molar-refractivity contribution in [2.24, 2.45) is 0 Å². The van der Waals surface area contributed by atoms with Crippen LogP contribution in [-0.2, 0) is 11.2 Å². The van der Waals surface area contributed by atoms with Gasteiger partial charge in [0, 0.05) is 24.1 Å². The van der Waals surface area contributed by atoms with E-state index in [2.05, 4.69) is 20.3 Å². The minimum absolute atomic E-state index is 0.0670. The van der Waals surface area contributed by atoms with Crippen LogP contribution in [0.25, 0.3) is 0 Å². The standard InChI is InChI=1S/C20H18N4O6S/c1-29-19(26)14-10-13(11-15(12-14)24(27)28)18(25)21-20-23-22-17(31-20)8-5-9-30-16-6-3-2-4-7-16/h2-4,6-7,10-12H,5,8-9H2,1H3,(H,21,23,25). The van der Waals surface area contributed by atoms with Crippen molar-refractivity contribution in [3.05, 3.63) is 74.8 Å². The molecule has 10 nitrogen and oxygen atoms in total. The molecule has 1 N–H and O–H groups in total. The van der Waals surface area contributed by atoms with E-state index in [0.29, 0.717) is 24.5 Å². The molecule has 1 heterocycles. The Labute approximate surface area is 181 Å². The minimum Gasteiger partial charge on any atom is -0.494 e. The van der Waals surface area contributed by atoms with Gasteiger partial charge in [0.1, 0.15) is 10.8 Å². The van der Waals surface area contributed by atoms with Crippen molar-refractivity contribution < 1.29 is 24.0 Å². The molecule has 0 spiro atoms. The number of ether oxygens (including phenoxy) is 2. The maximum Gasteiger partial charge on any atom is 0.338 e. The Morgan fingerprint density at radius 3 is 2.58 bits per heavy atom. The average Bonchev–Trinajstić information content (AvgIpc) is 3.23. The number of nitrogens with one attached hydrogen (secondary N) is 1. The maximum absolute atomic E-state index is 12.5. The molecule has 0 saturated heterocycles. The molecule has 1 aromatic heterocycles.